The van der Waals surface area contributed by atoms with Crippen molar-refractivity contribution in [2.24, 2.45) is 5.73 Å². The summed E-state index contributed by atoms with van der Waals surface area (Å²) in [6.45, 7) is 2.01. The van der Waals surface area contributed by atoms with E-state index < -0.39 is 0 Å². The Morgan fingerprint density at radius 3 is 2.60 bits per heavy atom. The number of rotatable bonds is 2. The molecule has 82 valence electrons. The number of pyridine rings is 1. The highest BCUT2D eigenvalue weighted by Gasteiger charge is 2.31. The van der Waals surface area contributed by atoms with Gasteiger partial charge in [0.15, 0.2) is 0 Å². The quantitative estimate of drug-likeness (QED) is 0.806. The van der Waals surface area contributed by atoms with E-state index in [9.17, 15) is 0 Å². The predicted molar refractivity (Wildman–Crippen MR) is 59.9 cm³/mol. The minimum Gasteiger partial charge on any atom is -0.481 e. The molecule has 0 radical (unpaired) electrons. The molecule has 1 aromatic heterocycles. The summed E-state index contributed by atoms with van der Waals surface area (Å²) >= 11 is 0. The Hall–Kier alpha value is -1.09. The fraction of sp³-hybridized carbons (Fsp3) is 0.583. The molecule has 15 heavy (non-hydrogen) atoms. The highest BCUT2D eigenvalue weighted by Crippen LogP contribution is 2.36. The minimum absolute atomic E-state index is 0.149. The van der Waals surface area contributed by atoms with E-state index in [1.807, 2.05) is 13.1 Å². The van der Waals surface area contributed by atoms with Crippen LogP contribution >= 0.6 is 0 Å². The van der Waals surface area contributed by atoms with Crippen molar-refractivity contribution in [1.29, 1.82) is 0 Å². The third-order valence-electron chi connectivity index (χ3n) is 3.29. The van der Waals surface area contributed by atoms with Crippen LogP contribution in [0.1, 0.15) is 36.8 Å². The van der Waals surface area contributed by atoms with Gasteiger partial charge in [0.2, 0.25) is 5.88 Å². The molecular formula is C12H18N2O. The van der Waals surface area contributed by atoms with E-state index in [1.165, 1.54) is 12.8 Å². The van der Waals surface area contributed by atoms with Crippen molar-refractivity contribution in [2.45, 2.75) is 38.1 Å². The summed E-state index contributed by atoms with van der Waals surface area (Å²) in [5, 5.41) is 0. The molecule has 1 aliphatic rings. The van der Waals surface area contributed by atoms with Crippen LogP contribution in [0.25, 0.3) is 0 Å². The van der Waals surface area contributed by atoms with E-state index >= 15 is 0 Å². The molecule has 0 aromatic carbocycles. The fourth-order valence-electron chi connectivity index (χ4n) is 2.34. The largest absolute Gasteiger partial charge is 0.481 e. The molecule has 0 spiro atoms. The topological polar surface area (TPSA) is 48.1 Å². The number of aromatic nitrogens is 1. The van der Waals surface area contributed by atoms with Crippen molar-refractivity contribution < 1.29 is 4.74 Å². The van der Waals surface area contributed by atoms with Gasteiger partial charge in [0.25, 0.3) is 0 Å². The van der Waals surface area contributed by atoms with E-state index in [4.69, 9.17) is 10.5 Å². The molecule has 0 atom stereocenters. The van der Waals surface area contributed by atoms with Gasteiger partial charge in [0.05, 0.1) is 7.11 Å². The fourth-order valence-corrected chi connectivity index (χ4v) is 2.34. The van der Waals surface area contributed by atoms with E-state index in [0.29, 0.717) is 5.88 Å². The van der Waals surface area contributed by atoms with Gasteiger partial charge in [-0.05, 0) is 31.4 Å². The number of ether oxygens (including phenoxy) is 1. The summed E-state index contributed by atoms with van der Waals surface area (Å²) < 4.78 is 5.14. The standard InChI is InChI=1S/C12H18N2O/c1-9-7-10(8-14-11(9)15-2)12(13)5-3-4-6-12/h7-8H,3-6,13H2,1-2H3. The first-order chi connectivity index (χ1) is 7.15. The molecule has 0 saturated heterocycles. The average Bonchev–Trinajstić information content (AvgIpc) is 2.66. The van der Waals surface area contributed by atoms with Gasteiger partial charge in [-0.25, -0.2) is 4.98 Å². The number of hydrogen-bond acceptors (Lipinski definition) is 3. The number of methoxy groups -OCH3 is 1. The van der Waals surface area contributed by atoms with Crippen LogP contribution in [0.15, 0.2) is 12.3 Å². The maximum atomic E-state index is 6.36. The second-order valence-electron chi connectivity index (χ2n) is 4.41. The van der Waals surface area contributed by atoms with Crippen molar-refractivity contribution in [3.05, 3.63) is 23.4 Å². The van der Waals surface area contributed by atoms with Crippen molar-refractivity contribution in [3.63, 3.8) is 0 Å². The van der Waals surface area contributed by atoms with Gasteiger partial charge in [-0.2, -0.15) is 0 Å². The Labute approximate surface area is 90.7 Å². The summed E-state index contributed by atoms with van der Waals surface area (Å²) in [5.74, 6) is 0.695. The Bertz CT molecular complexity index is 357. The van der Waals surface area contributed by atoms with Crippen LogP contribution in [0.5, 0.6) is 5.88 Å². The lowest BCUT2D eigenvalue weighted by Crippen LogP contribution is -2.33. The number of aryl methyl sites for hydroxylation is 1. The molecule has 3 nitrogen and oxygen atoms in total. The summed E-state index contributed by atoms with van der Waals surface area (Å²) in [4.78, 5) is 4.28. The van der Waals surface area contributed by atoms with Crippen molar-refractivity contribution in [1.82, 2.24) is 4.98 Å². The molecule has 1 fully saturated rings. The Balaban J connectivity index is 2.33. The van der Waals surface area contributed by atoms with Crippen LogP contribution in [-0.4, -0.2) is 12.1 Å². The van der Waals surface area contributed by atoms with E-state index in [0.717, 1.165) is 24.0 Å². The highest BCUT2D eigenvalue weighted by molar-refractivity contribution is 5.32. The lowest BCUT2D eigenvalue weighted by Gasteiger charge is -2.24. The maximum Gasteiger partial charge on any atom is 0.215 e. The summed E-state index contributed by atoms with van der Waals surface area (Å²) in [6.07, 6.45) is 6.45. The molecule has 2 rings (SSSR count). The molecule has 0 unspecified atom stereocenters. The Morgan fingerprint density at radius 2 is 2.07 bits per heavy atom. The first-order valence-corrected chi connectivity index (χ1v) is 5.46. The van der Waals surface area contributed by atoms with Crippen LogP contribution in [-0.2, 0) is 5.54 Å². The van der Waals surface area contributed by atoms with E-state index in [1.54, 1.807) is 7.11 Å². The summed E-state index contributed by atoms with van der Waals surface area (Å²) in [5.41, 5.74) is 8.42. The van der Waals surface area contributed by atoms with Crippen LogP contribution in [0, 0.1) is 6.92 Å². The predicted octanol–water partition coefficient (Wildman–Crippen LogP) is 2.13. The van der Waals surface area contributed by atoms with Gasteiger partial charge < -0.3 is 10.5 Å². The van der Waals surface area contributed by atoms with Gasteiger partial charge in [0, 0.05) is 17.3 Å². The third-order valence-corrected chi connectivity index (χ3v) is 3.29. The van der Waals surface area contributed by atoms with Gasteiger partial charge >= 0.3 is 0 Å². The number of nitrogens with two attached hydrogens (primary N) is 1. The van der Waals surface area contributed by atoms with Crippen LogP contribution in [0.3, 0.4) is 0 Å². The first kappa shape index (κ1) is 10.4. The van der Waals surface area contributed by atoms with Gasteiger partial charge in [0.1, 0.15) is 0 Å². The Kier molecular flexibility index (Phi) is 2.65. The molecule has 1 aromatic rings. The summed E-state index contributed by atoms with van der Waals surface area (Å²) in [6, 6.07) is 2.11. The lowest BCUT2D eigenvalue weighted by atomic mass is 9.90. The number of hydrogen-bond donors (Lipinski definition) is 1. The van der Waals surface area contributed by atoms with Crippen molar-refractivity contribution >= 4 is 0 Å². The van der Waals surface area contributed by atoms with Gasteiger partial charge in [-0.15, -0.1) is 0 Å². The van der Waals surface area contributed by atoms with Crippen LogP contribution < -0.4 is 10.5 Å². The monoisotopic (exact) mass is 206 g/mol. The molecule has 1 aliphatic carbocycles. The van der Waals surface area contributed by atoms with Crippen molar-refractivity contribution in [3.8, 4) is 5.88 Å². The molecule has 0 amide bonds. The number of nitrogens with zero attached hydrogens (tertiary/aromatic N) is 1. The molecule has 1 saturated carbocycles. The highest BCUT2D eigenvalue weighted by atomic mass is 16.5. The molecular weight excluding hydrogens is 188 g/mol. The third kappa shape index (κ3) is 1.84. The zero-order valence-corrected chi connectivity index (χ0v) is 9.42. The van der Waals surface area contributed by atoms with Crippen molar-refractivity contribution in [2.75, 3.05) is 7.11 Å². The molecule has 1 heterocycles. The zero-order chi connectivity index (χ0) is 10.9. The second-order valence-corrected chi connectivity index (χ2v) is 4.41. The van der Waals surface area contributed by atoms with Gasteiger partial charge in [-0.3, -0.25) is 0 Å². The van der Waals surface area contributed by atoms with Crippen LogP contribution in [0.4, 0.5) is 0 Å². The maximum absolute atomic E-state index is 6.36. The SMILES string of the molecule is COc1ncc(C2(N)CCCC2)cc1C. The lowest BCUT2D eigenvalue weighted by molar-refractivity contribution is 0.391. The normalized spacial score (nSPS) is 19.1. The Morgan fingerprint density at radius 1 is 1.40 bits per heavy atom. The average molecular weight is 206 g/mol. The second kappa shape index (κ2) is 3.81. The molecule has 0 bridgehead atoms. The minimum atomic E-state index is -0.149. The van der Waals surface area contributed by atoms with E-state index in [-0.39, 0.29) is 5.54 Å². The molecule has 0 aliphatic heterocycles. The van der Waals surface area contributed by atoms with Gasteiger partial charge in [-0.1, -0.05) is 12.8 Å². The smallest absolute Gasteiger partial charge is 0.215 e. The molecule has 2 N–H and O–H groups in total. The zero-order valence-electron chi connectivity index (χ0n) is 9.42. The van der Waals surface area contributed by atoms with E-state index in [2.05, 4.69) is 11.1 Å². The molecule has 3 heteroatoms. The summed E-state index contributed by atoms with van der Waals surface area (Å²) in [7, 11) is 1.64. The first-order valence-electron chi connectivity index (χ1n) is 5.46. The van der Waals surface area contributed by atoms with Crippen LogP contribution in [0.2, 0.25) is 0 Å².